The molecule has 0 fully saturated rings. The molecule has 0 saturated heterocycles. The monoisotopic (exact) mass is 325 g/mol. The van der Waals surface area contributed by atoms with Crippen LogP contribution in [0.15, 0.2) is 24.3 Å². The number of halogens is 4. The van der Waals surface area contributed by atoms with Gasteiger partial charge >= 0.3 is 6.18 Å². The van der Waals surface area contributed by atoms with E-state index in [2.05, 4.69) is 15.9 Å². The van der Waals surface area contributed by atoms with Gasteiger partial charge in [0.2, 0.25) is 0 Å². The Bertz CT molecular complexity index is 450. The molecule has 1 atom stereocenters. The lowest BCUT2D eigenvalue weighted by Gasteiger charge is -2.25. The molecule has 0 saturated carbocycles. The average Bonchev–Trinajstić information content (AvgIpc) is 2.28. The Morgan fingerprint density at radius 2 is 1.89 bits per heavy atom. The first-order valence-electron chi connectivity index (χ1n) is 4.98. The lowest BCUT2D eigenvalue weighted by Crippen LogP contribution is -2.41. The molecule has 1 rings (SSSR count). The predicted molar refractivity (Wildman–Crippen MR) is 62.9 cm³/mol. The Kier molecular flexibility index (Phi) is 4.39. The molecule has 3 N–H and O–H groups in total. The minimum Gasteiger partial charge on any atom is -0.375 e. The van der Waals surface area contributed by atoms with Gasteiger partial charge in [-0.15, -0.1) is 0 Å². The second kappa shape index (κ2) is 5.27. The molecule has 1 aromatic carbocycles. The third-order valence-electron chi connectivity index (χ3n) is 2.53. The van der Waals surface area contributed by atoms with Crippen LogP contribution in [0.5, 0.6) is 0 Å². The highest BCUT2D eigenvalue weighted by Gasteiger charge is 2.38. The van der Waals surface area contributed by atoms with Crippen molar-refractivity contribution >= 4 is 21.8 Å². The van der Waals surface area contributed by atoms with E-state index in [4.69, 9.17) is 5.73 Å². The summed E-state index contributed by atoms with van der Waals surface area (Å²) < 4.78 is 37.6. The van der Waals surface area contributed by atoms with Gasteiger partial charge in [0.05, 0.1) is 5.56 Å². The molecule has 1 unspecified atom stereocenters. The number of hydrogen-bond donors (Lipinski definition) is 2. The van der Waals surface area contributed by atoms with Crippen molar-refractivity contribution in [1.29, 1.82) is 0 Å². The Labute approximate surface area is 110 Å². The first kappa shape index (κ1) is 15.0. The summed E-state index contributed by atoms with van der Waals surface area (Å²) in [5, 5.41) is 10.3. The first-order chi connectivity index (χ1) is 8.21. The summed E-state index contributed by atoms with van der Waals surface area (Å²) in [5.41, 5.74) is 1.85. The van der Waals surface area contributed by atoms with Gasteiger partial charge in [-0.3, -0.25) is 4.79 Å². The van der Waals surface area contributed by atoms with E-state index in [-0.39, 0.29) is 17.3 Å². The van der Waals surface area contributed by atoms with Crippen LogP contribution in [0, 0.1) is 0 Å². The SMILES string of the molecule is NC(=O)C(O)(CCBr)c1cccc(C(F)(F)F)c1. The minimum atomic E-state index is -4.54. The lowest BCUT2D eigenvalue weighted by atomic mass is 9.89. The van der Waals surface area contributed by atoms with Crippen molar-refractivity contribution in [3.05, 3.63) is 35.4 Å². The molecule has 1 aromatic rings. The van der Waals surface area contributed by atoms with Crippen molar-refractivity contribution in [2.75, 3.05) is 5.33 Å². The van der Waals surface area contributed by atoms with Crippen molar-refractivity contribution in [3.8, 4) is 0 Å². The summed E-state index contributed by atoms with van der Waals surface area (Å²) >= 11 is 3.02. The number of carbonyl (C=O) groups excluding carboxylic acids is 1. The van der Waals surface area contributed by atoms with Gasteiger partial charge in [-0.2, -0.15) is 13.2 Å². The molecule has 18 heavy (non-hydrogen) atoms. The van der Waals surface area contributed by atoms with Crippen LogP contribution >= 0.6 is 15.9 Å². The summed E-state index contributed by atoms with van der Waals surface area (Å²) in [6.45, 7) is 0. The van der Waals surface area contributed by atoms with Gasteiger partial charge in [0.15, 0.2) is 5.60 Å². The molecule has 100 valence electrons. The topological polar surface area (TPSA) is 63.3 Å². The maximum absolute atomic E-state index is 12.5. The van der Waals surface area contributed by atoms with Gasteiger partial charge in [0.25, 0.3) is 5.91 Å². The molecule has 7 heteroatoms. The average molecular weight is 326 g/mol. The van der Waals surface area contributed by atoms with Crippen molar-refractivity contribution in [1.82, 2.24) is 0 Å². The van der Waals surface area contributed by atoms with Crippen LogP contribution in [0.3, 0.4) is 0 Å². The second-order valence-corrected chi connectivity index (χ2v) is 4.54. The molecule has 0 aromatic heterocycles. The largest absolute Gasteiger partial charge is 0.416 e. The number of amides is 1. The molecule has 0 aliphatic heterocycles. The van der Waals surface area contributed by atoms with Gasteiger partial charge < -0.3 is 10.8 Å². The Balaban J connectivity index is 3.27. The fraction of sp³-hybridized carbons (Fsp3) is 0.364. The van der Waals surface area contributed by atoms with Gasteiger partial charge in [-0.05, 0) is 24.1 Å². The molecule has 3 nitrogen and oxygen atoms in total. The molecular formula is C11H11BrF3NO2. The van der Waals surface area contributed by atoms with Crippen molar-refractivity contribution in [3.63, 3.8) is 0 Å². The smallest absolute Gasteiger partial charge is 0.375 e. The predicted octanol–water partition coefficient (Wildman–Crippen LogP) is 2.16. The third kappa shape index (κ3) is 3.02. The Hall–Kier alpha value is -1.08. The zero-order valence-electron chi connectivity index (χ0n) is 9.17. The van der Waals surface area contributed by atoms with Crippen LogP contribution in [0.2, 0.25) is 0 Å². The Morgan fingerprint density at radius 3 is 2.33 bits per heavy atom. The summed E-state index contributed by atoms with van der Waals surface area (Å²) in [4.78, 5) is 11.2. The van der Waals surface area contributed by atoms with Gasteiger partial charge in [-0.25, -0.2) is 0 Å². The molecule has 0 spiro atoms. The molecular weight excluding hydrogens is 315 g/mol. The van der Waals surface area contributed by atoms with E-state index in [1.165, 1.54) is 6.07 Å². The van der Waals surface area contributed by atoms with Crippen LogP contribution in [0.1, 0.15) is 17.5 Å². The third-order valence-corrected chi connectivity index (χ3v) is 2.93. The van der Waals surface area contributed by atoms with E-state index in [0.29, 0.717) is 0 Å². The second-order valence-electron chi connectivity index (χ2n) is 3.74. The fourth-order valence-corrected chi connectivity index (χ4v) is 2.07. The van der Waals surface area contributed by atoms with E-state index in [9.17, 15) is 23.1 Å². The highest BCUT2D eigenvalue weighted by atomic mass is 79.9. The summed E-state index contributed by atoms with van der Waals surface area (Å²) in [7, 11) is 0. The Morgan fingerprint density at radius 1 is 1.33 bits per heavy atom. The number of hydrogen-bond acceptors (Lipinski definition) is 2. The maximum Gasteiger partial charge on any atom is 0.416 e. The quantitative estimate of drug-likeness (QED) is 0.833. The van der Waals surface area contributed by atoms with Crippen LogP contribution in [-0.4, -0.2) is 16.3 Å². The van der Waals surface area contributed by atoms with Gasteiger partial charge in [0.1, 0.15) is 0 Å². The molecule has 0 radical (unpaired) electrons. The van der Waals surface area contributed by atoms with E-state index >= 15 is 0 Å². The van der Waals surface area contributed by atoms with Crippen molar-refractivity contribution in [2.24, 2.45) is 5.73 Å². The number of aliphatic hydroxyl groups is 1. The van der Waals surface area contributed by atoms with Gasteiger partial charge in [0, 0.05) is 5.33 Å². The van der Waals surface area contributed by atoms with Crippen molar-refractivity contribution in [2.45, 2.75) is 18.2 Å². The molecule has 0 aliphatic rings. The molecule has 0 bridgehead atoms. The molecule has 1 amide bonds. The number of alkyl halides is 4. The minimum absolute atomic E-state index is 0.107. The van der Waals surface area contributed by atoms with Crippen LogP contribution in [0.4, 0.5) is 13.2 Å². The lowest BCUT2D eigenvalue weighted by molar-refractivity contribution is -0.140. The van der Waals surface area contributed by atoms with Gasteiger partial charge in [-0.1, -0.05) is 28.1 Å². The van der Waals surface area contributed by atoms with E-state index in [0.717, 1.165) is 18.2 Å². The standard InChI is InChI=1S/C11H11BrF3NO2/c12-5-4-10(18,9(16)17)7-2-1-3-8(6-7)11(13,14)15/h1-3,6,18H,4-5H2,(H2,16,17). The highest BCUT2D eigenvalue weighted by Crippen LogP contribution is 2.33. The van der Waals surface area contributed by atoms with Crippen LogP contribution < -0.4 is 5.73 Å². The van der Waals surface area contributed by atoms with E-state index in [1.807, 2.05) is 0 Å². The zero-order chi connectivity index (χ0) is 14.0. The van der Waals surface area contributed by atoms with E-state index < -0.39 is 23.2 Å². The van der Waals surface area contributed by atoms with Crippen LogP contribution in [0.25, 0.3) is 0 Å². The molecule has 0 heterocycles. The number of benzene rings is 1. The number of primary amides is 1. The zero-order valence-corrected chi connectivity index (χ0v) is 10.8. The number of carbonyl (C=O) groups is 1. The maximum atomic E-state index is 12.5. The first-order valence-corrected chi connectivity index (χ1v) is 6.10. The van der Waals surface area contributed by atoms with Crippen LogP contribution in [-0.2, 0) is 16.6 Å². The number of rotatable bonds is 4. The van der Waals surface area contributed by atoms with Crippen molar-refractivity contribution < 1.29 is 23.1 Å². The normalized spacial score (nSPS) is 15.2. The summed E-state index contributed by atoms with van der Waals surface area (Å²) in [6.07, 6.45) is -4.65. The molecule has 0 aliphatic carbocycles. The summed E-state index contributed by atoms with van der Waals surface area (Å²) in [5.74, 6) is -1.08. The summed E-state index contributed by atoms with van der Waals surface area (Å²) in [6, 6.07) is 3.95. The highest BCUT2D eigenvalue weighted by molar-refractivity contribution is 9.09. The van der Waals surface area contributed by atoms with E-state index in [1.54, 1.807) is 0 Å². The number of nitrogens with two attached hydrogens (primary N) is 1. The fourth-order valence-electron chi connectivity index (χ4n) is 1.50.